The van der Waals surface area contributed by atoms with Crippen molar-refractivity contribution in [2.75, 3.05) is 13.2 Å². The summed E-state index contributed by atoms with van der Waals surface area (Å²) in [6.45, 7) is -1.58. The van der Waals surface area contributed by atoms with Crippen molar-refractivity contribution >= 4 is 0 Å². The second-order valence-corrected chi connectivity index (χ2v) is 3.29. The topological polar surface area (TPSA) is 131 Å². The van der Waals surface area contributed by atoms with Crippen LogP contribution in [0.5, 0.6) is 0 Å². The molecule has 5 atom stereocenters. The zero-order chi connectivity index (χ0) is 10.9. The van der Waals surface area contributed by atoms with Crippen LogP contribution in [-0.2, 0) is 4.74 Å². The maximum absolute atomic E-state index is 9.48. The average molecular weight is 210 g/mol. The van der Waals surface area contributed by atoms with E-state index in [0.717, 1.165) is 0 Å². The molecule has 1 saturated heterocycles. The fourth-order valence-corrected chi connectivity index (χ4v) is 1.33. The SMILES string of the molecule is OC[C@H]1OC(O)[C@@](O)(CO)[C@H](O)[C@H]1O. The first-order chi connectivity index (χ1) is 6.47. The summed E-state index contributed by atoms with van der Waals surface area (Å²) in [6.07, 6.45) is -6.40. The smallest absolute Gasteiger partial charge is 0.189 e. The Labute approximate surface area is 79.8 Å². The number of rotatable bonds is 2. The average Bonchev–Trinajstić information content (AvgIpc) is 2.20. The number of hydrogen-bond donors (Lipinski definition) is 6. The van der Waals surface area contributed by atoms with Crippen LogP contribution in [0.3, 0.4) is 0 Å². The molecule has 1 aliphatic heterocycles. The maximum atomic E-state index is 9.48. The van der Waals surface area contributed by atoms with Crippen LogP contribution in [0, 0.1) is 0 Å². The van der Waals surface area contributed by atoms with Crippen LogP contribution in [0.25, 0.3) is 0 Å². The fraction of sp³-hybridized carbons (Fsp3) is 1.00. The van der Waals surface area contributed by atoms with Gasteiger partial charge in [-0.05, 0) is 0 Å². The minimum Gasteiger partial charge on any atom is -0.394 e. The molecule has 84 valence electrons. The molecule has 0 amide bonds. The Morgan fingerprint density at radius 1 is 1.14 bits per heavy atom. The van der Waals surface area contributed by atoms with E-state index in [0.29, 0.717) is 0 Å². The number of aliphatic hydroxyl groups excluding tert-OH is 5. The molecule has 1 heterocycles. The lowest BCUT2D eigenvalue weighted by molar-refractivity contribution is -0.335. The third-order valence-electron chi connectivity index (χ3n) is 2.38. The first-order valence-corrected chi connectivity index (χ1v) is 4.11. The van der Waals surface area contributed by atoms with Crippen LogP contribution in [0.1, 0.15) is 0 Å². The Morgan fingerprint density at radius 3 is 2.14 bits per heavy atom. The van der Waals surface area contributed by atoms with E-state index in [-0.39, 0.29) is 0 Å². The summed E-state index contributed by atoms with van der Waals surface area (Å²) in [5.41, 5.74) is -2.33. The predicted molar refractivity (Wildman–Crippen MR) is 42.0 cm³/mol. The van der Waals surface area contributed by atoms with Crippen molar-refractivity contribution in [3.63, 3.8) is 0 Å². The standard InChI is InChI=1S/C7H14O7/c8-1-3-4(10)5(11)7(13,2-9)6(12)14-3/h3-6,8-13H,1-2H2/t3-,4+,5-,6?,7-/m1/s1. The summed E-state index contributed by atoms with van der Waals surface area (Å²) in [5.74, 6) is 0. The second-order valence-electron chi connectivity index (χ2n) is 3.29. The number of ether oxygens (including phenoxy) is 1. The summed E-state index contributed by atoms with van der Waals surface area (Å²) >= 11 is 0. The molecule has 0 aromatic carbocycles. The van der Waals surface area contributed by atoms with Gasteiger partial charge in [-0.2, -0.15) is 0 Å². The lowest BCUT2D eigenvalue weighted by atomic mass is 9.87. The predicted octanol–water partition coefficient (Wildman–Crippen LogP) is -3.86. The van der Waals surface area contributed by atoms with Gasteiger partial charge in [-0.1, -0.05) is 0 Å². The lowest BCUT2D eigenvalue weighted by Gasteiger charge is -2.44. The molecule has 1 unspecified atom stereocenters. The lowest BCUT2D eigenvalue weighted by Crippen LogP contribution is -2.68. The molecule has 0 aromatic heterocycles. The molecule has 7 nitrogen and oxygen atoms in total. The number of aliphatic hydroxyl groups is 6. The van der Waals surface area contributed by atoms with Gasteiger partial charge in [-0.3, -0.25) is 0 Å². The molecular weight excluding hydrogens is 196 g/mol. The first-order valence-electron chi connectivity index (χ1n) is 4.11. The monoisotopic (exact) mass is 210 g/mol. The van der Waals surface area contributed by atoms with Crippen LogP contribution in [-0.4, -0.2) is 74.1 Å². The van der Waals surface area contributed by atoms with Crippen LogP contribution in [0.2, 0.25) is 0 Å². The largest absolute Gasteiger partial charge is 0.394 e. The first kappa shape index (κ1) is 11.8. The van der Waals surface area contributed by atoms with Crippen LogP contribution < -0.4 is 0 Å². The van der Waals surface area contributed by atoms with E-state index in [1.165, 1.54) is 0 Å². The zero-order valence-corrected chi connectivity index (χ0v) is 7.32. The molecule has 0 aromatic rings. The third-order valence-corrected chi connectivity index (χ3v) is 2.38. The van der Waals surface area contributed by atoms with Gasteiger partial charge in [0.1, 0.15) is 18.3 Å². The van der Waals surface area contributed by atoms with Crippen molar-refractivity contribution in [3.05, 3.63) is 0 Å². The molecule has 0 spiro atoms. The Morgan fingerprint density at radius 2 is 1.71 bits per heavy atom. The van der Waals surface area contributed by atoms with Gasteiger partial charge in [0.25, 0.3) is 0 Å². The normalized spacial score (nSPS) is 49.3. The van der Waals surface area contributed by atoms with E-state index in [2.05, 4.69) is 4.74 Å². The van der Waals surface area contributed by atoms with Crippen molar-refractivity contribution in [1.82, 2.24) is 0 Å². The zero-order valence-electron chi connectivity index (χ0n) is 7.32. The number of hydrogen-bond acceptors (Lipinski definition) is 7. The molecule has 1 rings (SSSR count). The van der Waals surface area contributed by atoms with Crippen molar-refractivity contribution in [2.24, 2.45) is 0 Å². The van der Waals surface area contributed by atoms with Crippen molar-refractivity contribution in [2.45, 2.75) is 30.2 Å². The van der Waals surface area contributed by atoms with E-state index in [9.17, 15) is 20.4 Å². The van der Waals surface area contributed by atoms with Crippen LogP contribution in [0.15, 0.2) is 0 Å². The highest BCUT2D eigenvalue weighted by Gasteiger charge is 2.53. The molecule has 7 heteroatoms. The van der Waals surface area contributed by atoms with Crippen molar-refractivity contribution in [1.29, 1.82) is 0 Å². The highest BCUT2D eigenvalue weighted by Crippen LogP contribution is 2.28. The third kappa shape index (κ3) is 1.63. The van der Waals surface area contributed by atoms with Crippen molar-refractivity contribution in [3.8, 4) is 0 Å². The molecule has 6 N–H and O–H groups in total. The van der Waals surface area contributed by atoms with Gasteiger partial charge in [0.15, 0.2) is 11.9 Å². The summed E-state index contributed by atoms with van der Waals surface area (Å²) in [5, 5.41) is 54.8. The van der Waals surface area contributed by atoms with Crippen LogP contribution >= 0.6 is 0 Å². The van der Waals surface area contributed by atoms with Gasteiger partial charge in [0.05, 0.1) is 13.2 Å². The molecule has 0 saturated carbocycles. The Balaban J connectivity index is 2.84. The van der Waals surface area contributed by atoms with E-state index < -0.39 is 43.4 Å². The van der Waals surface area contributed by atoms with Gasteiger partial charge in [0, 0.05) is 0 Å². The van der Waals surface area contributed by atoms with Crippen molar-refractivity contribution < 1.29 is 35.4 Å². The maximum Gasteiger partial charge on any atom is 0.189 e. The Bertz CT molecular complexity index is 198. The highest BCUT2D eigenvalue weighted by atomic mass is 16.6. The summed E-state index contributed by atoms with van der Waals surface area (Å²) in [4.78, 5) is 0. The molecule has 1 aliphatic rings. The van der Waals surface area contributed by atoms with Gasteiger partial charge in [-0.15, -0.1) is 0 Å². The van der Waals surface area contributed by atoms with Gasteiger partial charge in [0.2, 0.25) is 0 Å². The fourth-order valence-electron chi connectivity index (χ4n) is 1.33. The van der Waals surface area contributed by atoms with E-state index in [1.807, 2.05) is 0 Å². The Kier molecular flexibility index (Phi) is 3.43. The highest BCUT2D eigenvalue weighted by molar-refractivity contribution is 4.99. The van der Waals surface area contributed by atoms with Gasteiger partial charge in [-0.25, -0.2) is 0 Å². The minimum absolute atomic E-state index is 0.614. The van der Waals surface area contributed by atoms with E-state index in [1.54, 1.807) is 0 Å². The molecular formula is C7H14O7. The summed E-state index contributed by atoms with van der Waals surface area (Å²) in [6, 6.07) is 0. The van der Waals surface area contributed by atoms with Gasteiger partial charge < -0.3 is 35.4 Å². The van der Waals surface area contributed by atoms with Crippen LogP contribution in [0.4, 0.5) is 0 Å². The van der Waals surface area contributed by atoms with Gasteiger partial charge >= 0.3 is 0 Å². The molecule has 0 radical (unpaired) electrons. The minimum atomic E-state index is -2.33. The van der Waals surface area contributed by atoms with E-state index >= 15 is 0 Å². The van der Waals surface area contributed by atoms with E-state index in [4.69, 9.17) is 10.2 Å². The summed E-state index contributed by atoms with van der Waals surface area (Å²) in [7, 11) is 0. The molecule has 14 heavy (non-hydrogen) atoms. The Hall–Kier alpha value is -0.280. The molecule has 1 fully saturated rings. The summed E-state index contributed by atoms with van der Waals surface area (Å²) < 4.78 is 4.61. The second kappa shape index (κ2) is 4.07. The molecule has 0 bridgehead atoms. The quantitative estimate of drug-likeness (QED) is 0.275. The molecule has 0 aliphatic carbocycles.